The van der Waals surface area contributed by atoms with Gasteiger partial charge in [-0.1, -0.05) is 18.2 Å². The van der Waals surface area contributed by atoms with Crippen LogP contribution < -0.4 is 9.47 Å². The Hall–Kier alpha value is -3.81. The van der Waals surface area contributed by atoms with Gasteiger partial charge in [-0.05, 0) is 37.1 Å². The number of aromatic nitrogens is 1. The van der Waals surface area contributed by atoms with Gasteiger partial charge in [0.15, 0.2) is 5.54 Å². The second kappa shape index (κ2) is 7.40. The van der Waals surface area contributed by atoms with Crippen molar-refractivity contribution in [1.82, 2.24) is 14.9 Å². The molecule has 32 heavy (non-hydrogen) atoms. The molecule has 164 valence electrons. The monoisotopic (exact) mass is 432 g/mol. The van der Waals surface area contributed by atoms with Crippen molar-refractivity contribution in [2.75, 3.05) is 27.3 Å². The van der Waals surface area contributed by atoms with Gasteiger partial charge in [0, 0.05) is 29.1 Å². The van der Waals surface area contributed by atoms with Crippen molar-refractivity contribution in [2.24, 2.45) is 5.10 Å². The molecule has 3 heterocycles. The number of carbonyl (C=O) groups excluding carboxylic acids is 2. The SMILES string of the molecule is COc1ccc(C=NN2CC(=O)N3CCc4c([nH]c5ccccc45)C3(C)C2=O)c(OC)c1. The number of aromatic amines is 1. The van der Waals surface area contributed by atoms with Crippen molar-refractivity contribution in [2.45, 2.75) is 18.9 Å². The van der Waals surface area contributed by atoms with Gasteiger partial charge in [0.25, 0.3) is 5.91 Å². The van der Waals surface area contributed by atoms with E-state index >= 15 is 0 Å². The van der Waals surface area contributed by atoms with Gasteiger partial charge in [-0.15, -0.1) is 0 Å². The van der Waals surface area contributed by atoms with Crippen molar-refractivity contribution in [1.29, 1.82) is 0 Å². The van der Waals surface area contributed by atoms with Crippen LogP contribution in [0.5, 0.6) is 11.5 Å². The van der Waals surface area contributed by atoms with Crippen molar-refractivity contribution in [3.05, 3.63) is 59.3 Å². The number of hydrazone groups is 1. The zero-order valence-electron chi connectivity index (χ0n) is 18.2. The first-order valence-electron chi connectivity index (χ1n) is 10.5. The van der Waals surface area contributed by atoms with E-state index in [2.05, 4.69) is 10.1 Å². The summed E-state index contributed by atoms with van der Waals surface area (Å²) in [5.74, 6) is 0.843. The molecule has 1 N–H and O–H groups in total. The lowest BCUT2D eigenvalue weighted by atomic mass is 9.83. The molecule has 1 fully saturated rings. The Morgan fingerprint density at radius 3 is 2.72 bits per heavy atom. The number of amides is 2. The molecule has 1 unspecified atom stereocenters. The molecule has 0 spiro atoms. The Kier molecular flexibility index (Phi) is 4.65. The molecule has 0 bridgehead atoms. The quantitative estimate of drug-likeness (QED) is 0.642. The van der Waals surface area contributed by atoms with Crippen LogP contribution in [0.3, 0.4) is 0 Å². The number of rotatable bonds is 4. The minimum Gasteiger partial charge on any atom is -0.497 e. The molecule has 2 aromatic carbocycles. The van der Waals surface area contributed by atoms with Gasteiger partial charge in [0.05, 0.1) is 26.1 Å². The molecule has 3 aromatic rings. The van der Waals surface area contributed by atoms with Crippen molar-refractivity contribution in [3.8, 4) is 11.5 Å². The fourth-order valence-electron chi connectivity index (χ4n) is 4.74. The number of piperazine rings is 1. The van der Waals surface area contributed by atoms with Gasteiger partial charge in [-0.2, -0.15) is 5.10 Å². The summed E-state index contributed by atoms with van der Waals surface area (Å²) in [5.41, 5.74) is 2.36. The van der Waals surface area contributed by atoms with E-state index in [9.17, 15) is 9.59 Å². The highest BCUT2D eigenvalue weighted by Crippen LogP contribution is 2.42. The first-order valence-corrected chi connectivity index (χ1v) is 10.5. The first kappa shape index (κ1) is 20.1. The third kappa shape index (κ3) is 2.86. The molecule has 2 aliphatic heterocycles. The molecule has 0 saturated carbocycles. The van der Waals surface area contributed by atoms with E-state index in [1.165, 1.54) is 11.2 Å². The van der Waals surface area contributed by atoms with Crippen LogP contribution in [0, 0.1) is 0 Å². The number of benzene rings is 2. The molecule has 8 heteroatoms. The van der Waals surface area contributed by atoms with E-state index in [1.54, 1.807) is 44.2 Å². The highest BCUT2D eigenvalue weighted by atomic mass is 16.5. The number of nitrogens with one attached hydrogen (secondary N) is 1. The molecule has 2 amide bonds. The summed E-state index contributed by atoms with van der Waals surface area (Å²) in [4.78, 5) is 31.8. The van der Waals surface area contributed by atoms with Crippen molar-refractivity contribution < 1.29 is 19.1 Å². The summed E-state index contributed by atoms with van der Waals surface area (Å²) in [6.45, 7) is 2.20. The second-order valence-corrected chi connectivity index (χ2v) is 8.11. The van der Waals surface area contributed by atoms with Crippen LogP contribution in [0.4, 0.5) is 0 Å². The Labute approximate surface area is 185 Å². The molecule has 1 aromatic heterocycles. The standard InChI is InChI=1S/C24H24N4O4/c1-24-22-18(17-6-4-5-7-19(17)26-22)10-11-27(24)21(29)14-28(23(24)30)25-13-15-8-9-16(31-2)12-20(15)32-3/h4-9,12-13,26H,10-11,14H2,1-3H3. The minimum atomic E-state index is -1.14. The number of hydrogen-bond donors (Lipinski definition) is 1. The van der Waals surface area contributed by atoms with Crippen LogP contribution in [-0.4, -0.2) is 60.2 Å². The lowest BCUT2D eigenvalue weighted by molar-refractivity contribution is -0.165. The van der Waals surface area contributed by atoms with Gasteiger partial charge in [-0.25, -0.2) is 5.01 Å². The van der Waals surface area contributed by atoms with E-state index in [4.69, 9.17) is 9.47 Å². The predicted octanol–water partition coefficient (Wildman–Crippen LogP) is 2.66. The zero-order valence-corrected chi connectivity index (χ0v) is 18.2. The molecule has 8 nitrogen and oxygen atoms in total. The van der Waals surface area contributed by atoms with Crippen LogP contribution in [0.2, 0.25) is 0 Å². The lowest BCUT2D eigenvalue weighted by Crippen LogP contribution is -2.65. The Bertz CT molecular complexity index is 1260. The van der Waals surface area contributed by atoms with Gasteiger partial charge in [-0.3, -0.25) is 9.59 Å². The molecule has 2 aliphatic rings. The fraction of sp³-hybridized carbons (Fsp3) is 0.292. The smallest absolute Gasteiger partial charge is 0.275 e. The number of carbonyl (C=O) groups is 2. The van der Waals surface area contributed by atoms with E-state index in [0.29, 0.717) is 30.0 Å². The summed E-state index contributed by atoms with van der Waals surface area (Å²) in [6.07, 6.45) is 2.25. The summed E-state index contributed by atoms with van der Waals surface area (Å²) < 4.78 is 10.6. The topological polar surface area (TPSA) is 87.2 Å². The van der Waals surface area contributed by atoms with Gasteiger partial charge in [0.2, 0.25) is 5.91 Å². The number of fused-ring (bicyclic) bond motifs is 5. The van der Waals surface area contributed by atoms with E-state index in [1.807, 2.05) is 24.3 Å². The van der Waals surface area contributed by atoms with Crippen LogP contribution in [-0.2, 0) is 21.5 Å². The van der Waals surface area contributed by atoms with Crippen molar-refractivity contribution in [3.63, 3.8) is 0 Å². The number of methoxy groups -OCH3 is 2. The Balaban J connectivity index is 1.53. The van der Waals surface area contributed by atoms with Gasteiger partial charge >= 0.3 is 0 Å². The van der Waals surface area contributed by atoms with E-state index in [-0.39, 0.29) is 18.4 Å². The zero-order chi connectivity index (χ0) is 22.5. The molecule has 0 radical (unpaired) electrons. The summed E-state index contributed by atoms with van der Waals surface area (Å²) in [6, 6.07) is 13.3. The number of H-pyrrole nitrogens is 1. The number of ether oxygens (including phenoxy) is 2. The van der Waals surface area contributed by atoms with Crippen LogP contribution >= 0.6 is 0 Å². The fourth-order valence-corrected chi connectivity index (χ4v) is 4.74. The molecule has 5 rings (SSSR count). The maximum Gasteiger partial charge on any atom is 0.275 e. The van der Waals surface area contributed by atoms with E-state index in [0.717, 1.165) is 22.2 Å². The molecular formula is C24H24N4O4. The average Bonchev–Trinajstić information content (AvgIpc) is 3.20. The van der Waals surface area contributed by atoms with Gasteiger partial charge < -0.3 is 19.4 Å². The second-order valence-electron chi connectivity index (χ2n) is 8.11. The third-order valence-corrected chi connectivity index (χ3v) is 6.44. The van der Waals surface area contributed by atoms with Gasteiger partial charge in [0.1, 0.15) is 18.0 Å². The largest absolute Gasteiger partial charge is 0.497 e. The Morgan fingerprint density at radius 2 is 1.94 bits per heavy atom. The first-order chi connectivity index (χ1) is 15.5. The summed E-state index contributed by atoms with van der Waals surface area (Å²) in [5, 5.41) is 6.73. The molecule has 1 atom stereocenters. The van der Waals surface area contributed by atoms with Crippen LogP contribution in [0.15, 0.2) is 47.6 Å². The third-order valence-electron chi connectivity index (χ3n) is 6.44. The van der Waals surface area contributed by atoms with Crippen LogP contribution in [0.1, 0.15) is 23.7 Å². The lowest BCUT2D eigenvalue weighted by Gasteiger charge is -2.48. The maximum atomic E-state index is 13.7. The normalized spacial score (nSPS) is 20.6. The Morgan fingerprint density at radius 1 is 1.12 bits per heavy atom. The maximum absolute atomic E-state index is 13.7. The van der Waals surface area contributed by atoms with Crippen LogP contribution in [0.25, 0.3) is 10.9 Å². The van der Waals surface area contributed by atoms with E-state index < -0.39 is 5.54 Å². The minimum absolute atomic E-state index is 0.0983. The highest BCUT2D eigenvalue weighted by molar-refractivity contribution is 6.01. The summed E-state index contributed by atoms with van der Waals surface area (Å²) in [7, 11) is 3.13. The molecular weight excluding hydrogens is 408 g/mol. The average molecular weight is 432 g/mol. The number of para-hydroxylation sites is 1. The predicted molar refractivity (Wildman–Crippen MR) is 120 cm³/mol. The number of nitrogens with zero attached hydrogens (tertiary/aromatic N) is 3. The molecule has 1 saturated heterocycles. The highest BCUT2D eigenvalue weighted by Gasteiger charge is 2.54. The van der Waals surface area contributed by atoms with Crippen molar-refractivity contribution >= 4 is 28.9 Å². The summed E-state index contributed by atoms with van der Waals surface area (Å²) >= 11 is 0. The number of hydrogen-bond acceptors (Lipinski definition) is 5. The molecule has 0 aliphatic carbocycles.